The molecule has 0 aromatic heterocycles. The Hall–Kier alpha value is -0.350. The van der Waals surface area contributed by atoms with Crippen molar-refractivity contribution in [3.05, 3.63) is 12.7 Å². The van der Waals surface area contributed by atoms with Gasteiger partial charge >= 0.3 is 0 Å². The van der Waals surface area contributed by atoms with E-state index in [4.69, 9.17) is 0 Å². The van der Waals surface area contributed by atoms with Crippen molar-refractivity contribution in [1.29, 1.82) is 0 Å². The summed E-state index contributed by atoms with van der Waals surface area (Å²) in [5.41, 5.74) is 0. The van der Waals surface area contributed by atoms with Crippen molar-refractivity contribution >= 4 is 9.84 Å². The summed E-state index contributed by atoms with van der Waals surface area (Å²) in [5.74, 6) is 0.240. The van der Waals surface area contributed by atoms with E-state index in [0.29, 0.717) is 0 Å². The van der Waals surface area contributed by atoms with Crippen molar-refractivity contribution in [1.82, 2.24) is 5.32 Å². The lowest BCUT2D eigenvalue weighted by atomic mass is 10.1. The predicted octanol–water partition coefficient (Wildman–Crippen LogP) is 1.76. The van der Waals surface area contributed by atoms with Crippen LogP contribution in [-0.4, -0.2) is 33.0 Å². The first-order chi connectivity index (χ1) is 6.99. The lowest BCUT2D eigenvalue weighted by Crippen LogP contribution is -2.35. The first kappa shape index (κ1) is 14.6. The highest BCUT2D eigenvalue weighted by Gasteiger charge is 2.13. The summed E-state index contributed by atoms with van der Waals surface area (Å²) in [6.45, 7) is 6.62. The van der Waals surface area contributed by atoms with Gasteiger partial charge in [0.15, 0.2) is 0 Å². The minimum atomic E-state index is -2.88. The fourth-order valence-electron chi connectivity index (χ4n) is 1.47. The molecule has 0 heterocycles. The smallest absolute Gasteiger partial charge is 0.148 e. The summed E-state index contributed by atoms with van der Waals surface area (Å²) >= 11 is 0. The molecule has 0 radical (unpaired) electrons. The molecule has 3 nitrogen and oxygen atoms in total. The van der Waals surface area contributed by atoms with E-state index in [9.17, 15) is 8.42 Å². The maximum atomic E-state index is 11.2. The zero-order valence-electron chi connectivity index (χ0n) is 9.83. The SMILES string of the molecule is C=CCCCC(CS(C)(=O)=O)NCCC. The van der Waals surface area contributed by atoms with E-state index >= 15 is 0 Å². The Labute approximate surface area is 93.9 Å². The number of allylic oxidation sites excluding steroid dienone is 1. The van der Waals surface area contributed by atoms with Crippen molar-refractivity contribution in [2.24, 2.45) is 0 Å². The van der Waals surface area contributed by atoms with Gasteiger partial charge in [-0.25, -0.2) is 8.42 Å². The zero-order valence-corrected chi connectivity index (χ0v) is 10.6. The van der Waals surface area contributed by atoms with Crippen LogP contribution in [0, 0.1) is 0 Å². The van der Waals surface area contributed by atoms with Crippen LogP contribution >= 0.6 is 0 Å². The number of sulfone groups is 1. The van der Waals surface area contributed by atoms with Crippen molar-refractivity contribution < 1.29 is 8.42 Å². The van der Waals surface area contributed by atoms with Gasteiger partial charge in [0.25, 0.3) is 0 Å². The highest BCUT2D eigenvalue weighted by Crippen LogP contribution is 2.04. The van der Waals surface area contributed by atoms with E-state index in [1.807, 2.05) is 6.08 Å². The van der Waals surface area contributed by atoms with Crippen LogP contribution in [0.4, 0.5) is 0 Å². The molecule has 0 aliphatic heterocycles. The number of hydrogen-bond donors (Lipinski definition) is 1. The standard InChI is InChI=1S/C11H23NO2S/c1-4-6-7-8-11(12-9-5-2)10-15(3,13)14/h4,11-12H,1,5-10H2,2-3H3. The molecule has 0 bridgehead atoms. The molecule has 1 unspecified atom stereocenters. The maximum Gasteiger partial charge on any atom is 0.148 e. The summed E-state index contributed by atoms with van der Waals surface area (Å²) in [6.07, 6.45) is 7.05. The van der Waals surface area contributed by atoms with Gasteiger partial charge in [0.2, 0.25) is 0 Å². The van der Waals surface area contributed by atoms with E-state index in [0.717, 1.165) is 32.2 Å². The number of hydrogen-bond acceptors (Lipinski definition) is 3. The Kier molecular flexibility index (Phi) is 7.70. The van der Waals surface area contributed by atoms with Gasteiger partial charge < -0.3 is 5.32 Å². The molecule has 0 aromatic rings. The van der Waals surface area contributed by atoms with E-state index < -0.39 is 9.84 Å². The molecular formula is C11H23NO2S. The van der Waals surface area contributed by atoms with Gasteiger partial charge in [0.1, 0.15) is 9.84 Å². The number of rotatable bonds is 9. The van der Waals surface area contributed by atoms with Crippen LogP contribution < -0.4 is 5.32 Å². The predicted molar refractivity (Wildman–Crippen MR) is 65.8 cm³/mol. The zero-order chi connectivity index (χ0) is 11.7. The van der Waals surface area contributed by atoms with Crippen LogP contribution in [0.1, 0.15) is 32.6 Å². The average molecular weight is 233 g/mol. The van der Waals surface area contributed by atoms with E-state index in [2.05, 4.69) is 18.8 Å². The molecule has 0 aliphatic rings. The second kappa shape index (κ2) is 7.88. The molecule has 0 aromatic carbocycles. The summed E-state index contributed by atoms with van der Waals surface area (Å²) in [5, 5.41) is 3.27. The normalized spacial score (nSPS) is 13.7. The maximum absolute atomic E-state index is 11.2. The molecular weight excluding hydrogens is 210 g/mol. The van der Waals surface area contributed by atoms with Crippen LogP contribution in [0.2, 0.25) is 0 Å². The first-order valence-corrected chi connectivity index (χ1v) is 7.57. The van der Waals surface area contributed by atoms with Crippen LogP contribution in [0.25, 0.3) is 0 Å². The van der Waals surface area contributed by atoms with Crippen molar-refractivity contribution in [3.8, 4) is 0 Å². The Balaban J connectivity index is 4.00. The van der Waals surface area contributed by atoms with Gasteiger partial charge in [0, 0.05) is 12.3 Å². The Morgan fingerprint density at radius 2 is 2.13 bits per heavy atom. The molecule has 90 valence electrons. The quantitative estimate of drug-likeness (QED) is 0.487. The summed E-state index contributed by atoms with van der Waals surface area (Å²) in [4.78, 5) is 0. The molecule has 1 N–H and O–H groups in total. The minimum absolute atomic E-state index is 0.0971. The fraction of sp³-hybridized carbons (Fsp3) is 0.818. The Morgan fingerprint density at radius 3 is 2.60 bits per heavy atom. The molecule has 0 rings (SSSR count). The molecule has 15 heavy (non-hydrogen) atoms. The number of unbranched alkanes of at least 4 members (excludes halogenated alkanes) is 1. The van der Waals surface area contributed by atoms with E-state index in [1.165, 1.54) is 6.26 Å². The molecule has 1 atom stereocenters. The monoisotopic (exact) mass is 233 g/mol. The largest absolute Gasteiger partial charge is 0.313 e. The van der Waals surface area contributed by atoms with E-state index in [1.54, 1.807) is 0 Å². The topological polar surface area (TPSA) is 46.2 Å². The molecule has 0 amide bonds. The van der Waals surface area contributed by atoms with Gasteiger partial charge in [-0.1, -0.05) is 13.0 Å². The lowest BCUT2D eigenvalue weighted by molar-refractivity contribution is 0.494. The Bertz CT molecular complexity index is 260. The van der Waals surface area contributed by atoms with Crippen LogP contribution in [0.3, 0.4) is 0 Å². The highest BCUT2D eigenvalue weighted by atomic mass is 32.2. The summed E-state index contributed by atoms with van der Waals surface area (Å²) in [7, 11) is -2.88. The lowest BCUT2D eigenvalue weighted by Gasteiger charge is -2.16. The molecule has 0 aliphatic carbocycles. The highest BCUT2D eigenvalue weighted by molar-refractivity contribution is 7.90. The van der Waals surface area contributed by atoms with Crippen molar-refractivity contribution in [3.63, 3.8) is 0 Å². The third-order valence-electron chi connectivity index (χ3n) is 2.15. The van der Waals surface area contributed by atoms with Crippen LogP contribution in [0.15, 0.2) is 12.7 Å². The average Bonchev–Trinajstić information content (AvgIpc) is 2.12. The summed E-state index contributed by atoms with van der Waals surface area (Å²) in [6, 6.07) is 0.0971. The van der Waals surface area contributed by atoms with Gasteiger partial charge in [-0.2, -0.15) is 0 Å². The van der Waals surface area contributed by atoms with Gasteiger partial charge in [-0.3, -0.25) is 0 Å². The van der Waals surface area contributed by atoms with E-state index in [-0.39, 0.29) is 11.8 Å². The van der Waals surface area contributed by atoms with Crippen LogP contribution in [0.5, 0.6) is 0 Å². The van der Waals surface area contributed by atoms with Crippen molar-refractivity contribution in [2.45, 2.75) is 38.6 Å². The minimum Gasteiger partial charge on any atom is -0.313 e. The first-order valence-electron chi connectivity index (χ1n) is 5.51. The second-order valence-electron chi connectivity index (χ2n) is 3.96. The van der Waals surface area contributed by atoms with Gasteiger partial charge in [0.05, 0.1) is 5.75 Å². The molecule has 0 saturated carbocycles. The third kappa shape index (κ3) is 9.94. The fourth-order valence-corrected chi connectivity index (χ4v) is 2.48. The Morgan fingerprint density at radius 1 is 1.47 bits per heavy atom. The molecule has 0 fully saturated rings. The van der Waals surface area contributed by atoms with Crippen LogP contribution in [-0.2, 0) is 9.84 Å². The number of nitrogens with one attached hydrogen (secondary N) is 1. The second-order valence-corrected chi connectivity index (χ2v) is 6.15. The van der Waals surface area contributed by atoms with Gasteiger partial charge in [-0.15, -0.1) is 6.58 Å². The summed E-state index contributed by atoms with van der Waals surface area (Å²) < 4.78 is 22.4. The molecule has 0 saturated heterocycles. The van der Waals surface area contributed by atoms with Gasteiger partial charge in [-0.05, 0) is 32.2 Å². The van der Waals surface area contributed by atoms with Crippen molar-refractivity contribution in [2.75, 3.05) is 18.6 Å². The molecule has 4 heteroatoms. The molecule has 0 spiro atoms. The third-order valence-corrected chi connectivity index (χ3v) is 3.16.